The number of nitrogens with zero attached hydrogens (tertiary/aromatic N) is 4. The minimum Gasteiger partial charge on any atom is -0.325 e. The van der Waals surface area contributed by atoms with E-state index in [1.165, 1.54) is 0 Å². The summed E-state index contributed by atoms with van der Waals surface area (Å²) in [4.78, 5) is 9.48. The Kier molecular flexibility index (Phi) is 16.5. The van der Waals surface area contributed by atoms with Crippen molar-refractivity contribution in [2.24, 2.45) is 0 Å². The molecule has 0 amide bonds. The first-order valence-corrected chi connectivity index (χ1v) is 10.4. The Labute approximate surface area is 186 Å². The van der Waals surface area contributed by atoms with Gasteiger partial charge in [-0.05, 0) is 0 Å². The van der Waals surface area contributed by atoms with Crippen molar-refractivity contribution < 1.29 is 0 Å². The highest BCUT2D eigenvalue weighted by molar-refractivity contribution is 7.17. The summed E-state index contributed by atoms with van der Waals surface area (Å²) in [6, 6.07) is 0. The topological polar surface area (TPSA) is 13.0 Å². The van der Waals surface area contributed by atoms with Crippen molar-refractivity contribution in [3.8, 4) is 0 Å². The van der Waals surface area contributed by atoms with Gasteiger partial charge < -0.3 is 19.2 Å². The second-order valence-corrected chi connectivity index (χ2v) is 6.95. The molecule has 0 aromatic carbocycles. The van der Waals surface area contributed by atoms with E-state index in [1.54, 1.807) is 0 Å². The molecule has 0 aliphatic heterocycles. The Morgan fingerprint density at radius 1 is 0.333 bits per heavy atom. The fraction of sp³-hybridized carbons (Fsp3) is 0.333. The molecule has 0 unspecified atom stereocenters. The average Bonchev–Trinajstić information content (AvgIpc) is 2.72. The van der Waals surface area contributed by atoms with Crippen molar-refractivity contribution in [2.45, 2.75) is 0 Å². The van der Waals surface area contributed by atoms with Crippen LogP contribution in [0.1, 0.15) is 0 Å². The van der Waals surface area contributed by atoms with Gasteiger partial charge in [-0.15, -0.1) is 52.6 Å². The second-order valence-electron chi connectivity index (χ2n) is 6.95. The highest BCUT2D eigenvalue weighted by atomic mass is 15.3. The van der Waals surface area contributed by atoms with Crippen molar-refractivity contribution in [1.29, 1.82) is 0 Å². The summed E-state index contributed by atoms with van der Waals surface area (Å²) in [6.45, 7) is 37.7. The molecule has 6 heteroatoms. The van der Waals surface area contributed by atoms with Crippen LogP contribution in [0.2, 0.25) is 0 Å². The molecule has 0 fully saturated rings. The predicted molar refractivity (Wildman–Crippen MR) is 139 cm³/mol. The highest BCUT2D eigenvalue weighted by Crippen LogP contribution is 2.15. The first kappa shape index (κ1) is 27.9. The summed E-state index contributed by atoms with van der Waals surface area (Å²) in [6.07, 6.45) is 15.5. The quantitative estimate of drug-likeness (QED) is 0.213. The summed E-state index contributed by atoms with van der Waals surface area (Å²) in [5.41, 5.74) is 0. The zero-order valence-electron chi connectivity index (χ0n) is 18.9. The molecule has 0 saturated heterocycles. The van der Waals surface area contributed by atoms with Crippen molar-refractivity contribution in [1.82, 2.24) is 19.2 Å². The first-order chi connectivity index (χ1) is 14.6. The van der Waals surface area contributed by atoms with Crippen LogP contribution in [0.4, 0.5) is 0 Å². The van der Waals surface area contributed by atoms with Crippen LogP contribution in [0.15, 0.2) is 101 Å². The molecule has 0 spiro atoms. The van der Waals surface area contributed by atoms with E-state index in [0.717, 1.165) is 52.4 Å². The van der Waals surface area contributed by atoms with Gasteiger partial charge in [0.25, 0.3) is 0 Å². The van der Waals surface area contributed by atoms with Crippen LogP contribution in [0.3, 0.4) is 0 Å². The first-order valence-electron chi connectivity index (χ1n) is 10.4. The van der Waals surface area contributed by atoms with E-state index in [4.69, 9.17) is 0 Å². The Hall–Kier alpha value is -2.11. The number of hydrogen-bond donors (Lipinski definition) is 0. The average molecular weight is 406 g/mol. The van der Waals surface area contributed by atoms with Crippen molar-refractivity contribution >= 4 is 13.7 Å². The SMILES string of the molecule is C=CCN(CC=C)B(B(N(CC=C)CC=C)N(CC=C)CC=C)N(CC=C)CC=C. The minimum atomic E-state index is 0.0109. The van der Waals surface area contributed by atoms with Gasteiger partial charge in [0, 0.05) is 52.4 Å². The van der Waals surface area contributed by atoms with Gasteiger partial charge in [-0.1, -0.05) is 48.6 Å². The van der Waals surface area contributed by atoms with Crippen LogP contribution < -0.4 is 0 Å². The lowest BCUT2D eigenvalue weighted by Crippen LogP contribution is -2.73. The standard InChI is InChI=1S/C24H40B2N4/c1-9-17-27(18-10-2)25(28(19-11-3)20-12-4)26(29(21-13-5)22-14-6)30(23-15-7)24-16-8/h9-16H,1-8,17-24H2. The summed E-state index contributed by atoms with van der Waals surface area (Å²) >= 11 is 0. The Morgan fingerprint density at radius 2 is 0.467 bits per heavy atom. The molecule has 0 aromatic heterocycles. The molecule has 0 rings (SSSR count). The van der Waals surface area contributed by atoms with Crippen LogP contribution in [-0.2, 0) is 0 Å². The molecule has 0 heterocycles. The third kappa shape index (κ3) is 9.14. The lowest BCUT2D eigenvalue weighted by Gasteiger charge is -2.45. The van der Waals surface area contributed by atoms with Gasteiger partial charge in [-0.25, -0.2) is 0 Å². The maximum absolute atomic E-state index is 3.98. The van der Waals surface area contributed by atoms with Gasteiger partial charge in [-0.3, -0.25) is 0 Å². The molecule has 0 aliphatic carbocycles. The Bertz CT molecular complexity index is 438. The maximum atomic E-state index is 3.98. The molecule has 4 nitrogen and oxygen atoms in total. The molecule has 0 atom stereocenters. The zero-order valence-corrected chi connectivity index (χ0v) is 18.9. The lowest BCUT2D eigenvalue weighted by molar-refractivity contribution is 0.393. The monoisotopic (exact) mass is 406 g/mol. The lowest BCUT2D eigenvalue weighted by atomic mass is 9.29. The molecule has 162 valence electrons. The molecule has 0 N–H and O–H groups in total. The number of hydrogen-bond acceptors (Lipinski definition) is 4. The zero-order chi connectivity index (χ0) is 22.8. The van der Waals surface area contributed by atoms with Gasteiger partial charge in [0.05, 0.1) is 0 Å². The van der Waals surface area contributed by atoms with Gasteiger partial charge in [0.2, 0.25) is 0 Å². The van der Waals surface area contributed by atoms with Crippen molar-refractivity contribution in [2.75, 3.05) is 52.4 Å². The normalized spacial score (nSPS) is 10.7. The smallest absolute Gasteiger partial charge is 0.314 e. The second kappa shape index (κ2) is 17.7. The summed E-state index contributed by atoms with van der Waals surface area (Å²) in [5, 5.41) is 0. The fourth-order valence-electron chi connectivity index (χ4n) is 3.70. The molecular weight excluding hydrogens is 366 g/mol. The van der Waals surface area contributed by atoms with Crippen LogP contribution in [0.25, 0.3) is 0 Å². The van der Waals surface area contributed by atoms with Crippen molar-refractivity contribution in [3.63, 3.8) is 0 Å². The van der Waals surface area contributed by atoms with E-state index in [1.807, 2.05) is 48.6 Å². The molecule has 0 aromatic rings. The van der Waals surface area contributed by atoms with Gasteiger partial charge in [0.15, 0.2) is 0 Å². The van der Waals surface area contributed by atoms with E-state index in [0.29, 0.717) is 0 Å². The van der Waals surface area contributed by atoms with E-state index in [2.05, 4.69) is 71.9 Å². The third-order valence-electron chi connectivity index (χ3n) is 4.67. The van der Waals surface area contributed by atoms with Crippen LogP contribution in [-0.4, -0.2) is 85.3 Å². The fourth-order valence-corrected chi connectivity index (χ4v) is 3.70. The van der Waals surface area contributed by atoms with Gasteiger partial charge >= 0.3 is 13.7 Å². The maximum Gasteiger partial charge on any atom is 0.314 e. The van der Waals surface area contributed by atoms with Gasteiger partial charge in [-0.2, -0.15) is 0 Å². The minimum absolute atomic E-state index is 0.0109. The molecule has 0 bridgehead atoms. The van der Waals surface area contributed by atoms with E-state index >= 15 is 0 Å². The van der Waals surface area contributed by atoms with E-state index in [9.17, 15) is 0 Å². The predicted octanol–water partition coefficient (Wildman–Crippen LogP) is 3.74. The molecule has 0 radical (unpaired) electrons. The summed E-state index contributed by atoms with van der Waals surface area (Å²) < 4.78 is 0. The molecule has 0 saturated carbocycles. The number of rotatable bonds is 21. The third-order valence-corrected chi connectivity index (χ3v) is 4.67. The molecule has 30 heavy (non-hydrogen) atoms. The summed E-state index contributed by atoms with van der Waals surface area (Å²) in [7, 11) is 0. The highest BCUT2D eigenvalue weighted by Gasteiger charge is 2.45. The van der Waals surface area contributed by atoms with Crippen LogP contribution >= 0.6 is 0 Å². The van der Waals surface area contributed by atoms with E-state index in [-0.39, 0.29) is 13.7 Å². The van der Waals surface area contributed by atoms with E-state index < -0.39 is 0 Å². The Morgan fingerprint density at radius 3 is 0.567 bits per heavy atom. The molecule has 0 aliphatic rings. The van der Waals surface area contributed by atoms with Crippen molar-refractivity contribution in [3.05, 3.63) is 101 Å². The molecular formula is C24H40B2N4. The largest absolute Gasteiger partial charge is 0.325 e. The van der Waals surface area contributed by atoms with Crippen LogP contribution in [0.5, 0.6) is 0 Å². The van der Waals surface area contributed by atoms with Crippen LogP contribution in [0, 0.1) is 0 Å². The van der Waals surface area contributed by atoms with Gasteiger partial charge in [0.1, 0.15) is 0 Å². The summed E-state index contributed by atoms with van der Waals surface area (Å²) in [5.74, 6) is 0. The Balaban J connectivity index is 6.70.